The summed E-state index contributed by atoms with van der Waals surface area (Å²) in [6.45, 7) is 0. The van der Waals surface area contributed by atoms with Gasteiger partial charge in [0.25, 0.3) is 16.0 Å². The third-order valence-electron chi connectivity index (χ3n) is 2.14. The van der Waals surface area contributed by atoms with Crippen molar-refractivity contribution in [2.75, 3.05) is 5.01 Å². The quantitative estimate of drug-likeness (QED) is 0.824. The molecule has 0 aliphatic carbocycles. The Hall–Kier alpha value is -1.44. The van der Waals surface area contributed by atoms with Crippen LogP contribution in [0.15, 0.2) is 28.2 Å². The predicted molar refractivity (Wildman–Crippen MR) is 61.9 cm³/mol. The van der Waals surface area contributed by atoms with Crippen molar-refractivity contribution >= 4 is 39.5 Å². The fourth-order valence-corrected chi connectivity index (χ4v) is 2.41. The number of halogens is 1. The van der Waals surface area contributed by atoms with Crippen LogP contribution in [-0.4, -0.2) is 25.1 Å². The molecule has 1 aromatic carbocycles. The van der Waals surface area contributed by atoms with E-state index in [4.69, 9.17) is 16.2 Å². The van der Waals surface area contributed by atoms with Crippen molar-refractivity contribution in [2.45, 2.75) is 11.3 Å². The first-order valence-corrected chi connectivity index (χ1v) is 6.34. The lowest BCUT2D eigenvalue weighted by molar-refractivity contribution is -0.116. The van der Waals surface area contributed by atoms with E-state index in [1.54, 1.807) is 0 Å². The summed E-state index contributed by atoms with van der Waals surface area (Å²) < 4.78 is 30.7. The van der Waals surface area contributed by atoms with Crippen LogP contribution in [0.5, 0.6) is 0 Å². The van der Waals surface area contributed by atoms with Crippen LogP contribution in [-0.2, 0) is 14.9 Å². The molecule has 17 heavy (non-hydrogen) atoms. The molecule has 8 heteroatoms. The molecule has 6 nitrogen and oxygen atoms in total. The van der Waals surface area contributed by atoms with E-state index in [-0.39, 0.29) is 17.4 Å². The van der Waals surface area contributed by atoms with Crippen molar-refractivity contribution in [3.05, 3.63) is 23.2 Å². The number of hydrogen-bond acceptors (Lipinski definition) is 4. The zero-order valence-corrected chi connectivity index (χ0v) is 9.94. The molecule has 1 aromatic rings. The maximum Gasteiger partial charge on any atom is 0.296 e. The van der Waals surface area contributed by atoms with Crippen LogP contribution in [0.3, 0.4) is 0 Å². The van der Waals surface area contributed by atoms with Crippen molar-refractivity contribution in [2.24, 2.45) is 5.10 Å². The third kappa shape index (κ3) is 2.31. The summed E-state index contributed by atoms with van der Waals surface area (Å²) in [6.07, 6.45) is 1.63. The van der Waals surface area contributed by atoms with Gasteiger partial charge in [-0.1, -0.05) is 11.6 Å². The van der Waals surface area contributed by atoms with Gasteiger partial charge in [0.1, 0.15) is 4.90 Å². The van der Waals surface area contributed by atoms with Crippen LogP contribution >= 0.6 is 11.6 Å². The number of rotatable bonds is 2. The van der Waals surface area contributed by atoms with Gasteiger partial charge in [-0.05, 0) is 18.2 Å². The highest BCUT2D eigenvalue weighted by Crippen LogP contribution is 2.28. The standard InChI is InChI=1S/C9H7ClN2O4S/c10-7-5-6(12-9(13)3-4-11-12)1-2-8(7)17(14,15)16/h1-2,4-5H,3H2,(H,14,15,16). The van der Waals surface area contributed by atoms with E-state index in [2.05, 4.69) is 5.10 Å². The van der Waals surface area contributed by atoms with Crippen molar-refractivity contribution in [1.82, 2.24) is 0 Å². The highest BCUT2D eigenvalue weighted by atomic mass is 35.5. The average molecular weight is 275 g/mol. The first-order valence-electron chi connectivity index (χ1n) is 4.52. The Balaban J connectivity index is 2.45. The molecule has 1 N–H and O–H groups in total. The van der Waals surface area contributed by atoms with Crippen LogP contribution in [0, 0.1) is 0 Å². The van der Waals surface area contributed by atoms with Crippen molar-refractivity contribution < 1.29 is 17.8 Å². The summed E-state index contributed by atoms with van der Waals surface area (Å²) in [5.41, 5.74) is 0.348. The number of anilines is 1. The molecule has 0 fully saturated rings. The topological polar surface area (TPSA) is 87.0 Å². The molecule has 0 saturated heterocycles. The molecule has 1 amide bonds. The zero-order valence-electron chi connectivity index (χ0n) is 8.37. The summed E-state index contributed by atoms with van der Waals surface area (Å²) in [4.78, 5) is 11.0. The first kappa shape index (κ1) is 12.0. The number of carbonyl (C=O) groups is 1. The van der Waals surface area contributed by atoms with E-state index < -0.39 is 15.0 Å². The Kier molecular flexibility index (Phi) is 2.90. The Bertz CT molecular complexity index is 611. The third-order valence-corrected chi connectivity index (χ3v) is 3.47. The lowest BCUT2D eigenvalue weighted by atomic mass is 10.3. The molecule has 1 aliphatic rings. The molecule has 1 aliphatic heterocycles. The molecule has 0 bridgehead atoms. The van der Waals surface area contributed by atoms with Crippen LogP contribution in [0.2, 0.25) is 5.02 Å². The van der Waals surface area contributed by atoms with Crippen molar-refractivity contribution in [1.29, 1.82) is 0 Å². The molecule has 0 atom stereocenters. The largest absolute Gasteiger partial charge is 0.296 e. The Morgan fingerprint density at radius 2 is 2.12 bits per heavy atom. The number of hydrazone groups is 1. The Morgan fingerprint density at radius 1 is 1.41 bits per heavy atom. The second-order valence-electron chi connectivity index (χ2n) is 3.30. The summed E-state index contributed by atoms with van der Waals surface area (Å²) >= 11 is 5.71. The van der Waals surface area contributed by atoms with Crippen LogP contribution in [0.25, 0.3) is 0 Å². The van der Waals surface area contributed by atoms with Gasteiger partial charge in [0.15, 0.2) is 0 Å². The van der Waals surface area contributed by atoms with Crippen LogP contribution in [0.1, 0.15) is 6.42 Å². The second kappa shape index (κ2) is 4.10. The van der Waals surface area contributed by atoms with E-state index in [0.29, 0.717) is 5.69 Å². The molecule has 90 valence electrons. The van der Waals surface area contributed by atoms with Gasteiger partial charge >= 0.3 is 0 Å². The van der Waals surface area contributed by atoms with Gasteiger partial charge in [0, 0.05) is 6.21 Å². The van der Waals surface area contributed by atoms with E-state index in [1.165, 1.54) is 18.3 Å². The molecule has 0 aromatic heterocycles. The molecular weight excluding hydrogens is 268 g/mol. The van der Waals surface area contributed by atoms with Gasteiger partial charge in [-0.2, -0.15) is 13.5 Å². The van der Waals surface area contributed by atoms with Gasteiger partial charge in [-0.15, -0.1) is 0 Å². The maximum atomic E-state index is 11.4. The maximum absolute atomic E-state index is 11.4. The minimum atomic E-state index is -4.36. The predicted octanol–water partition coefficient (Wildman–Crippen LogP) is 1.31. The monoisotopic (exact) mass is 274 g/mol. The highest BCUT2D eigenvalue weighted by Gasteiger charge is 2.21. The van der Waals surface area contributed by atoms with E-state index in [0.717, 1.165) is 11.1 Å². The number of nitrogens with zero attached hydrogens (tertiary/aromatic N) is 2. The smallest absolute Gasteiger partial charge is 0.282 e. The zero-order chi connectivity index (χ0) is 12.6. The van der Waals surface area contributed by atoms with Gasteiger partial charge in [0.2, 0.25) is 0 Å². The van der Waals surface area contributed by atoms with Gasteiger partial charge in [-0.25, -0.2) is 5.01 Å². The van der Waals surface area contributed by atoms with E-state index >= 15 is 0 Å². The van der Waals surface area contributed by atoms with Gasteiger partial charge < -0.3 is 0 Å². The normalized spacial score (nSPS) is 15.6. The first-order chi connectivity index (χ1) is 7.89. The summed E-state index contributed by atoms with van der Waals surface area (Å²) in [5, 5.41) is 4.75. The second-order valence-corrected chi connectivity index (χ2v) is 5.09. The number of benzene rings is 1. The molecule has 0 unspecified atom stereocenters. The van der Waals surface area contributed by atoms with Gasteiger partial charge in [-0.3, -0.25) is 9.35 Å². The van der Waals surface area contributed by atoms with Gasteiger partial charge in [0.05, 0.1) is 17.1 Å². The molecular formula is C9H7ClN2O4S. The van der Waals surface area contributed by atoms with E-state index in [1.807, 2.05) is 0 Å². The Morgan fingerprint density at radius 3 is 2.59 bits per heavy atom. The minimum Gasteiger partial charge on any atom is -0.282 e. The fraction of sp³-hybridized carbons (Fsp3) is 0.111. The fourth-order valence-electron chi connectivity index (χ4n) is 1.39. The lowest BCUT2D eigenvalue weighted by Gasteiger charge is -2.12. The molecule has 0 spiro atoms. The van der Waals surface area contributed by atoms with Crippen LogP contribution in [0.4, 0.5) is 5.69 Å². The average Bonchev–Trinajstić information content (AvgIpc) is 2.62. The SMILES string of the molecule is O=C1CC=NN1c1ccc(S(=O)(=O)O)c(Cl)c1. The summed E-state index contributed by atoms with van der Waals surface area (Å²) in [7, 11) is -4.36. The number of hydrogen-bond donors (Lipinski definition) is 1. The van der Waals surface area contributed by atoms with Crippen molar-refractivity contribution in [3.63, 3.8) is 0 Å². The Labute approximate surface area is 102 Å². The minimum absolute atomic E-state index is 0.167. The van der Waals surface area contributed by atoms with Crippen LogP contribution < -0.4 is 5.01 Å². The number of amides is 1. The number of carbonyl (C=O) groups excluding carboxylic acids is 1. The molecule has 0 saturated carbocycles. The van der Waals surface area contributed by atoms with Crippen molar-refractivity contribution in [3.8, 4) is 0 Å². The molecule has 1 heterocycles. The van der Waals surface area contributed by atoms with E-state index in [9.17, 15) is 13.2 Å². The molecule has 0 radical (unpaired) electrons. The summed E-state index contributed by atoms with van der Waals surface area (Å²) in [6, 6.07) is 3.72. The highest BCUT2D eigenvalue weighted by molar-refractivity contribution is 7.86. The molecule has 2 rings (SSSR count). The summed E-state index contributed by atoms with van der Waals surface area (Å²) in [5.74, 6) is -0.235. The lowest BCUT2D eigenvalue weighted by Crippen LogP contribution is -2.19.